The fraction of sp³-hybridized carbons (Fsp3) is 0.889. The monoisotopic (exact) mass is 221 g/mol. The third-order valence-electron chi connectivity index (χ3n) is 1.75. The van der Waals surface area contributed by atoms with Crippen molar-refractivity contribution < 1.29 is 19.0 Å². The van der Waals surface area contributed by atoms with Crippen molar-refractivity contribution in [2.45, 2.75) is 27.2 Å². The second kappa shape index (κ2) is 6.91. The van der Waals surface area contributed by atoms with Crippen LogP contribution in [-0.4, -0.2) is 23.6 Å². The van der Waals surface area contributed by atoms with Crippen LogP contribution >= 0.6 is 8.03 Å². The Labute approximate surface area is 85.5 Å². The van der Waals surface area contributed by atoms with Gasteiger partial charge in [0.25, 0.3) is 0 Å². The zero-order valence-electron chi connectivity index (χ0n) is 8.90. The lowest BCUT2D eigenvalue weighted by Gasteiger charge is -2.12. The maximum Gasteiger partial charge on any atom is 0.506 e. The molecule has 1 N–H and O–H groups in total. The fourth-order valence-electron chi connectivity index (χ4n) is 1.26. The van der Waals surface area contributed by atoms with Gasteiger partial charge in [-0.15, -0.1) is 0 Å². The van der Waals surface area contributed by atoms with Gasteiger partial charge in [0.05, 0.1) is 6.61 Å². The van der Waals surface area contributed by atoms with Crippen molar-refractivity contribution in [2.24, 2.45) is 11.8 Å². The predicted molar refractivity (Wildman–Crippen MR) is 54.3 cm³/mol. The van der Waals surface area contributed by atoms with E-state index in [0.29, 0.717) is 18.9 Å². The number of rotatable bonds is 6. The van der Waals surface area contributed by atoms with Gasteiger partial charge < -0.3 is 4.74 Å². The van der Waals surface area contributed by atoms with Gasteiger partial charge in [-0.3, -0.25) is 4.79 Å². The third-order valence-corrected chi connectivity index (χ3v) is 2.51. The highest BCUT2D eigenvalue weighted by Crippen LogP contribution is 2.24. The van der Waals surface area contributed by atoms with Crippen LogP contribution in [0.15, 0.2) is 0 Å². The normalized spacial score (nSPS) is 13.9. The molecule has 2 unspecified atom stereocenters. The van der Waals surface area contributed by atoms with E-state index in [-0.39, 0.29) is 12.1 Å². The Morgan fingerprint density at radius 3 is 2.43 bits per heavy atom. The molecule has 0 saturated heterocycles. The summed E-state index contributed by atoms with van der Waals surface area (Å²) in [5.74, 6) is -0.485. The molecular weight excluding hydrogens is 203 g/mol. The van der Waals surface area contributed by atoms with Gasteiger partial charge in [0.1, 0.15) is 5.92 Å². The van der Waals surface area contributed by atoms with Crippen LogP contribution in [0.4, 0.5) is 0 Å². The molecule has 0 aliphatic rings. The van der Waals surface area contributed by atoms with Crippen LogP contribution in [0.5, 0.6) is 0 Å². The van der Waals surface area contributed by atoms with Gasteiger partial charge in [0, 0.05) is 0 Å². The van der Waals surface area contributed by atoms with E-state index in [4.69, 9.17) is 9.63 Å². The van der Waals surface area contributed by atoms with E-state index in [9.17, 15) is 9.36 Å². The summed E-state index contributed by atoms with van der Waals surface area (Å²) in [5, 5.41) is 0. The van der Waals surface area contributed by atoms with Gasteiger partial charge in [-0.05, 0) is 23.8 Å². The van der Waals surface area contributed by atoms with Crippen LogP contribution in [0, 0.1) is 11.8 Å². The highest BCUT2D eigenvalue weighted by molar-refractivity contribution is 7.38. The van der Waals surface area contributed by atoms with Crippen molar-refractivity contribution in [1.29, 1.82) is 0 Å². The standard InChI is InChI=1S/C9H17O4P/c1-4-13-9(10)8(5-7(2)3)6-14(11)12/h7-8H,4-6H2,1-3H3/p+1. The van der Waals surface area contributed by atoms with E-state index in [1.807, 2.05) is 13.8 Å². The van der Waals surface area contributed by atoms with Crippen molar-refractivity contribution in [2.75, 3.05) is 12.8 Å². The lowest BCUT2D eigenvalue weighted by Crippen LogP contribution is -2.21. The molecule has 0 aliphatic heterocycles. The average Bonchev–Trinajstić information content (AvgIpc) is 2.01. The topological polar surface area (TPSA) is 63.6 Å². The molecular formula is C9H18O4P+. The number of esters is 1. The molecule has 0 fully saturated rings. The molecule has 0 aromatic rings. The first-order valence-corrected chi connectivity index (χ1v) is 6.17. The SMILES string of the molecule is CCOC(=O)C(CC(C)C)C[P+](=O)O. The Morgan fingerprint density at radius 2 is 2.07 bits per heavy atom. The minimum atomic E-state index is -2.26. The summed E-state index contributed by atoms with van der Waals surface area (Å²) in [6.45, 7) is 5.98. The summed E-state index contributed by atoms with van der Waals surface area (Å²) in [5.41, 5.74) is 0. The molecule has 0 saturated carbocycles. The zero-order valence-corrected chi connectivity index (χ0v) is 9.79. The summed E-state index contributed by atoms with van der Waals surface area (Å²) in [7, 11) is -2.26. The van der Waals surface area contributed by atoms with Crippen molar-refractivity contribution in [3.8, 4) is 0 Å². The van der Waals surface area contributed by atoms with Gasteiger partial charge in [-0.2, -0.15) is 4.89 Å². The van der Waals surface area contributed by atoms with Crippen LogP contribution in [0.3, 0.4) is 0 Å². The average molecular weight is 221 g/mol. The maximum atomic E-state index is 11.4. The van der Waals surface area contributed by atoms with E-state index < -0.39 is 13.9 Å². The van der Waals surface area contributed by atoms with Crippen LogP contribution in [0.1, 0.15) is 27.2 Å². The maximum absolute atomic E-state index is 11.4. The van der Waals surface area contributed by atoms with E-state index in [0.717, 1.165) is 0 Å². The summed E-state index contributed by atoms with van der Waals surface area (Å²) < 4.78 is 15.5. The summed E-state index contributed by atoms with van der Waals surface area (Å²) in [4.78, 5) is 20.1. The number of ether oxygens (including phenoxy) is 1. The Kier molecular flexibility index (Phi) is 6.67. The van der Waals surface area contributed by atoms with Gasteiger partial charge >= 0.3 is 14.0 Å². The van der Waals surface area contributed by atoms with Gasteiger partial charge in [-0.1, -0.05) is 13.8 Å². The minimum absolute atomic E-state index is 0.00630. The molecule has 0 bridgehead atoms. The largest absolute Gasteiger partial charge is 0.506 e. The summed E-state index contributed by atoms with van der Waals surface area (Å²) in [6.07, 6.45) is 0.604. The van der Waals surface area contributed by atoms with E-state index in [1.54, 1.807) is 6.92 Å². The summed E-state index contributed by atoms with van der Waals surface area (Å²) >= 11 is 0. The second-order valence-corrected chi connectivity index (χ2v) is 4.68. The number of carbonyl (C=O) groups excluding carboxylic acids is 1. The van der Waals surface area contributed by atoms with Crippen LogP contribution in [0.25, 0.3) is 0 Å². The van der Waals surface area contributed by atoms with Crippen LogP contribution < -0.4 is 0 Å². The molecule has 0 aromatic heterocycles. The summed E-state index contributed by atoms with van der Waals surface area (Å²) in [6, 6.07) is 0. The first-order valence-electron chi connectivity index (χ1n) is 4.77. The Bertz CT molecular complexity index is 203. The molecule has 2 atom stereocenters. The van der Waals surface area contributed by atoms with Gasteiger partial charge in [-0.25, -0.2) is 0 Å². The molecule has 0 spiro atoms. The first kappa shape index (κ1) is 13.5. The molecule has 0 heterocycles. The van der Waals surface area contributed by atoms with Gasteiger partial charge in [0.2, 0.25) is 0 Å². The number of carbonyl (C=O) groups is 1. The molecule has 0 radical (unpaired) electrons. The van der Waals surface area contributed by atoms with Crippen molar-refractivity contribution in [1.82, 2.24) is 0 Å². The fourth-order valence-corrected chi connectivity index (χ4v) is 1.94. The van der Waals surface area contributed by atoms with E-state index in [2.05, 4.69) is 0 Å². The highest BCUT2D eigenvalue weighted by atomic mass is 31.1. The molecule has 5 heteroatoms. The van der Waals surface area contributed by atoms with Crippen molar-refractivity contribution >= 4 is 14.0 Å². The van der Waals surface area contributed by atoms with E-state index in [1.165, 1.54) is 0 Å². The lowest BCUT2D eigenvalue weighted by molar-refractivity contribution is -0.147. The molecule has 4 nitrogen and oxygen atoms in total. The second-order valence-electron chi connectivity index (χ2n) is 3.61. The third kappa shape index (κ3) is 6.06. The smallest absolute Gasteiger partial charge is 0.466 e. The van der Waals surface area contributed by atoms with Crippen LogP contribution in [0.2, 0.25) is 0 Å². The molecule has 0 aromatic carbocycles. The molecule has 82 valence electrons. The number of hydrogen-bond donors (Lipinski definition) is 1. The van der Waals surface area contributed by atoms with E-state index >= 15 is 0 Å². The Hall–Kier alpha value is -0.470. The lowest BCUT2D eigenvalue weighted by atomic mass is 9.99. The molecule has 14 heavy (non-hydrogen) atoms. The van der Waals surface area contributed by atoms with Gasteiger partial charge in [0.15, 0.2) is 6.16 Å². The highest BCUT2D eigenvalue weighted by Gasteiger charge is 2.29. The predicted octanol–water partition coefficient (Wildman–Crippen LogP) is 1.95. The zero-order chi connectivity index (χ0) is 11.1. The number of hydrogen-bond acceptors (Lipinski definition) is 3. The molecule has 0 aliphatic carbocycles. The van der Waals surface area contributed by atoms with Crippen molar-refractivity contribution in [3.05, 3.63) is 0 Å². The Morgan fingerprint density at radius 1 is 1.50 bits per heavy atom. The Balaban J connectivity index is 4.22. The quantitative estimate of drug-likeness (QED) is 0.550. The molecule has 0 rings (SSSR count). The first-order chi connectivity index (χ1) is 6.47. The van der Waals surface area contributed by atoms with Crippen LogP contribution in [-0.2, 0) is 14.1 Å². The minimum Gasteiger partial charge on any atom is -0.466 e. The van der Waals surface area contributed by atoms with Crippen molar-refractivity contribution in [3.63, 3.8) is 0 Å². The molecule has 0 amide bonds.